The predicted molar refractivity (Wildman–Crippen MR) is 56.1 cm³/mol. The maximum atomic E-state index is 8.72. The fourth-order valence-electron chi connectivity index (χ4n) is 0. The average Bonchev–Trinajstić information content (AvgIpc) is 2.69. The van der Waals surface area contributed by atoms with Crippen LogP contribution in [-0.4, -0.2) is 106 Å². The topological polar surface area (TPSA) is 435 Å². The molecule has 0 rings (SSSR count). The van der Waals surface area contributed by atoms with Crippen LogP contribution in [0.15, 0.2) is 0 Å². The van der Waals surface area contributed by atoms with Crippen molar-refractivity contribution in [3.8, 4) is 0 Å². The molecule has 0 aromatic carbocycles. The van der Waals surface area contributed by atoms with Crippen LogP contribution in [-0.2, 0) is 74.1 Å². The fraction of sp³-hybridized carbons (Fsp3) is 0. The van der Waals surface area contributed by atoms with Gasteiger partial charge in [-0.15, -0.1) is 0 Å². The van der Waals surface area contributed by atoms with E-state index in [0.29, 0.717) is 0 Å². The van der Waals surface area contributed by atoms with Crippen molar-refractivity contribution >= 4 is 106 Å². The second-order valence-corrected chi connectivity index (χ2v) is 2.00. The van der Waals surface area contributed by atoms with Crippen molar-refractivity contribution < 1.29 is 165 Å². The molecule has 29 heteroatoms. The zero-order valence-corrected chi connectivity index (χ0v) is 24.1. The van der Waals surface area contributed by atoms with E-state index in [9.17, 15) is 0 Å². The molecule has 196 valence electrons. The normalized spacial score (nSPS) is 5.66. The molecule has 0 saturated carbocycles. The van der Waals surface area contributed by atoms with Crippen molar-refractivity contribution in [1.29, 1.82) is 0 Å². The first-order valence-corrected chi connectivity index (χ1v) is 4.67. The molecular formula is C6Au2Mg3O24. The van der Waals surface area contributed by atoms with Gasteiger partial charge in [0.15, 0.2) is 0 Å². The van der Waals surface area contributed by atoms with Gasteiger partial charge in [0.25, 0.3) is 0 Å². The van der Waals surface area contributed by atoms with Crippen LogP contribution in [0, 0.1) is 0 Å². The van der Waals surface area contributed by atoms with E-state index in [-0.39, 0.29) is 114 Å². The Bertz CT molecular complexity index is 368. The minimum absolute atomic E-state index is 0. The SMILES string of the molecule is O=C([O-])O[O-].O=C([O-])O[O-].O=C([O-])O[O-].O=C([O-])O[O-].O=C([O-])O[O-].O=C([O-])O[O-].[Au+3].[Au+3].[Mg+2].[Mg+2].[Mg+2]. The molecular weight excluding hydrogens is 923 g/mol. The molecule has 0 unspecified atom stereocenters. The molecule has 0 aromatic heterocycles. The van der Waals surface area contributed by atoms with Gasteiger partial charge in [0.2, 0.25) is 36.9 Å². The van der Waals surface area contributed by atoms with Gasteiger partial charge in [0, 0.05) is 0 Å². The number of carboxylic acid groups (broad SMARTS) is 6. The van der Waals surface area contributed by atoms with Crippen molar-refractivity contribution in [2.75, 3.05) is 0 Å². The summed E-state index contributed by atoms with van der Waals surface area (Å²) in [6.45, 7) is 0. The summed E-state index contributed by atoms with van der Waals surface area (Å²) in [5.74, 6) is 0. The zero-order chi connectivity index (χ0) is 25.7. The van der Waals surface area contributed by atoms with Crippen molar-refractivity contribution in [3.63, 3.8) is 0 Å². The molecule has 0 amide bonds. The average molecular weight is 923 g/mol. The summed E-state index contributed by atoms with van der Waals surface area (Å²) in [5, 5.41) is 103. The van der Waals surface area contributed by atoms with Crippen LogP contribution in [0.5, 0.6) is 0 Å². The first-order valence-electron chi connectivity index (χ1n) is 4.67. The molecule has 0 bridgehead atoms. The van der Waals surface area contributed by atoms with Crippen molar-refractivity contribution in [2.24, 2.45) is 0 Å². The summed E-state index contributed by atoms with van der Waals surface area (Å²) in [5.41, 5.74) is 0. The zero-order valence-electron chi connectivity index (χ0n) is 15.5. The van der Waals surface area contributed by atoms with Gasteiger partial charge in [0.05, 0.1) is 0 Å². The van der Waals surface area contributed by atoms with Crippen molar-refractivity contribution in [1.82, 2.24) is 0 Å². The van der Waals surface area contributed by atoms with Gasteiger partial charge in [-0.3, -0.25) is 0 Å². The quantitative estimate of drug-likeness (QED) is 0.124. The van der Waals surface area contributed by atoms with E-state index in [1.54, 1.807) is 0 Å². The molecule has 35 heavy (non-hydrogen) atoms. The molecule has 0 N–H and O–H groups in total. The molecule has 24 nitrogen and oxygen atoms in total. The van der Waals surface area contributed by atoms with Gasteiger partial charge in [-0.1, -0.05) is 0 Å². The van der Waals surface area contributed by atoms with Crippen LogP contribution in [0.1, 0.15) is 0 Å². The number of carbonyl (C=O) groups excluding carboxylic acids is 6. The smallest absolute Gasteiger partial charge is 0.755 e. The van der Waals surface area contributed by atoms with Crippen molar-refractivity contribution in [2.45, 2.75) is 0 Å². The van der Waals surface area contributed by atoms with Crippen LogP contribution in [0.2, 0.25) is 0 Å². The summed E-state index contributed by atoms with van der Waals surface area (Å²) in [6, 6.07) is 0. The monoisotopic (exact) mass is 922 g/mol. The third-order valence-electron chi connectivity index (χ3n) is 0.408. The summed E-state index contributed by atoms with van der Waals surface area (Å²) in [6.07, 6.45) is -12.3. The van der Waals surface area contributed by atoms with Gasteiger partial charge in [-0.2, -0.15) is 0 Å². The van der Waals surface area contributed by atoms with Gasteiger partial charge >= 0.3 is 114 Å². The van der Waals surface area contributed by atoms with Crippen LogP contribution in [0.3, 0.4) is 0 Å². The third kappa shape index (κ3) is 259. The van der Waals surface area contributed by atoms with Crippen LogP contribution >= 0.6 is 0 Å². The van der Waals surface area contributed by atoms with Crippen LogP contribution in [0.4, 0.5) is 28.8 Å². The molecule has 0 atom stereocenters. The molecule has 0 heterocycles. The van der Waals surface area contributed by atoms with Crippen LogP contribution in [0.25, 0.3) is 0 Å². The van der Waals surface area contributed by atoms with E-state index in [1.807, 2.05) is 0 Å². The van der Waals surface area contributed by atoms with E-state index in [4.69, 9.17) is 90.9 Å². The second-order valence-electron chi connectivity index (χ2n) is 2.00. The minimum atomic E-state index is -2.05. The Labute approximate surface area is 268 Å². The number of hydrogen-bond acceptors (Lipinski definition) is 24. The second kappa shape index (κ2) is 63.9. The summed E-state index contributed by atoms with van der Waals surface area (Å²) < 4.78 is 0. The van der Waals surface area contributed by atoms with Gasteiger partial charge in [-0.25, -0.2) is 0 Å². The predicted octanol–water partition coefficient (Wildman–Crippen LogP) is -15.4. The molecule has 0 aliphatic heterocycles. The Morgan fingerprint density at radius 1 is 0.314 bits per heavy atom. The summed E-state index contributed by atoms with van der Waals surface area (Å²) >= 11 is 0. The molecule has 0 aliphatic carbocycles. The first kappa shape index (κ1) is 70.0. The Kier molecular flexibility index (Phi) is 128. The Morgan fingerprint density at radius 2 is 0.343 bits per heavy atom. The Hall–Kier alpha value is -0.841. The largest absolute Gasteiger partial charge is 3.00 e. The van der Waals surface area contributed by atoms with E-state index < -0.39 is 36.9 Å². The van der Waals surface area contributed by atoms with Crippen molar-refractivity contribution in [3.05, 3.63) is 0 Å². The molecule has 0 saturated heterocycles. The Morgan fingerprint density at radius 3 is 0.343 bits per heavy atom. The first-order chi connectivity index (χ1) is 13.6. The minimum Gasteiger partial charge on any atom is -0.755 e. The van der Waals surface area contributed by atoms with E-state index >= 15 is 0 Å². The van der Waals surface area contributed by atoms with Gasteiger partial charge in [0.1, 0.15) is 0 Å². The number of rotatable bonds is 0. The van der Waals surface area contributed by atoms with E-state index in [2.05, 4.69) is 29.3 Å². The van der Waals surface area contributed by atoms with E-state index in [0.717, 1.165) is 0 Å². The van der Waals surface area contributed by atoms with Gasteiger partial charge < -0.3 is 120 Å². The maximum Gasteiger partial charge on any atom is 3.00 e. The molecule has 0 aromatic rings. The third-order valence-corrected chi connectivity index (χ3v) is 0.408. The molecule has 0 fully saturated rings. The number of hydrogen-bond donors (Lipinski definition) is 0. The van der Waals surface area contributed by atoms with Crippen LogP contribution < -0.4 is 62.2 Å². The summed E-state index contributed by atoms with van der Waals surface area (Å²) in [4.78, 5) is 66.2. The molecule has 0 radical (unpaired) electrons. The molecule has 0 spiro atoms. The van der Waals surface area contributed by atoms with E-state index in [1.165, 1.54) is 0 Å². The molecule has 0 aliphatic rings. The Balaban J connectivity index is -0.0000000213. The maximum absolute atomic E-state index is 8.72. The number of carbonyl (C=O) groups is 6. The fourth-order valence-corrected chi connectivity index (χ4v) is 0. The standard InChI is InChI=1S/6CH2O4.2Au.3Mg/c6*2-1(3)5-4;;;;;/h6*4H,(H,2,3);;;;;/q;;;;;;2*+3;3*+2/p-12. The van der Waals surface area contributed by atoms with Gasteiger partial charge in [-0.05, 0) is 0 Å². The summed E-state index contributed by atoms with van der Waals surface area (Å²) in [7, 11) is 0.